The third kappa shape index (κ3) is 8.73. The number of aromatic nitrogens is 3. The van der Waals surface area contributed by atoms with Crippen molar-refractivity contribution in [1.82, 2.24) is 35.0 Å². The summed E-state index contributed by atoms with van der Waals surface area (Å²) >= 11 is 6.60. The Labute approximate surface area is 380 Å². The van der Waals surface area contributed by atoms with Gasteiger partial charge in [-0.15, -0.1) is 0 Å². The molecule has 4 aromatic rings. The van der Waals surface area contributed by atoms with Gasteiger partial charge in [-0.05, 0) is 95.3 Å². The van der Waals surface area contributed by atoms with Gasteiger partial charge in [0.2, 0.25) is 17.8 Å². The highest BCUT2D eigenvalue weighted by atomic mass is 35.5. The molecule has 5 amide bonds. The van der Waals surface area contributed by atoms with Gasteiger partial charge in [0, 0.05) is 81.1 Å². The van der Waals surface area contributed by atoms with Gasteiger partial charge in [-0.3, -0.25) is 43.9 Å². The lowest BCUT2D eigenvalue weighted by Gasteiger charge is -2.49. The Hall–Kier alpha value is -6.11. The number of nitrogens with zero attached hydrogens (tertiary/aromatic N) is 7. The van der Waals surface area contributed by atoms with Crippen molar-refractivity contribution in [3.8, 4) is 5.75 Å². The van der Waals surface area contributed by atoms with Gasteiger partial charge in [0.1, 0.15) is 11.1 Å². The van der Waals surface area contributed by atoms with E-state index < -0.39 is 29.7 Å². The van der Waals surface area contributed by atoms with Crippen LogP contribution in [0.1, 0.15) is 86.1 Å². The van der Waals surface area contributed by atoms with Crippen molar-refractivity contribution in [1.29, 1.82) is 0 Å². The number of carbonyl (C=O) groups is 5. The second-order valence-electron chi connectivity index (χ2n) is 17.8. The van der Waals surface area contributed by atoms with Crippen molar-refractivity contribution in [3.05, 3.63) is 75.2 Å². The molecule has 2 aromatic carbocycles. The molecule has 0 spiro atoms. The van der Waals surface area contributed by atoms with E-state index in [1.807, 2.05) is 38.1 Å². The van der Waals surface area contributed by atoms with Crippen LogP contribution in [0.3, 0.4) is 0 Å². The predicted molar refractivity (Wildman–Crippen MR) is 243 cm³/mol. The summed E-state index contributed by atoms with van der Waals surface area (Å²) in [5, 5.41) is 9.18. The van der Waals surface area contributed by atoms with Crippen molar-refractivity contribution >= 4 is 75.2 Å². The van der Waals surface area contributed by atoms with E-state index in [4.69, 9.17) is 26.1 Å². The summed E-state index contributed by atoms with van der Waals surface area (Å²) in [6.07, 6.45) is 5.79. The van der Waals surface area contributed by atoms with E-state index in [2.05, 4.69) is 42.6 Å². The molecule has 342 valence electrons. The topological polar surface area (TPSA) is 201 Å². The molecule has 0 radical (unpaired) electrons. The number of likely N-dealkylation sites (N-methyl/N-ethyl adjacent to an activating group) is 1. The molecule has 3 N–H and O–H groups in total. The van der Waals surface area contributed by atoms with Crippen LogP contribution >= 0.6 is 11.6 Å². The minimum absolute atomic E-state index is 0.0812. The van der Waals surface area contributed by atoms with Crippen LogP contribution in [0, 0.1) is 0 Å². The number of amides is 5. The number of piperazine rings is 1. The number of hydrogen-bond donors (Lipinski definition) is 3. The Morgan fingerprint density at radius 1 is 0.938 bits per heavy atom. The summed E-state index contributed by atoms with van der Waals surface area (Å²) in [5.74, 6) is -1.24. The molecule has 1 aliphatic carbocycles. The van der Waals surface area contributed by atoms with Gasteiger partial charge in [0.05, 0.1) is 35.0 Å². The fourth-order valence-corrected chi connectivity index (χ4v) is 9.85. The molecule has 2 atom stereocenters. The number of hydrogen-bond acceptors (Lipinski definition) is 14. The number of anilines is 4. The summed E-state index contributed by atoms with van der Waals surface area (Å²) < 4.78 is 13.9. The molecule has 0 bridgehead atoms. The minimum atomic E-state index is -0.989. The highest BCUT2D eigenvalue weighted by molar-refractivity contribution is 6.33. The predicted octanol–water partition coefficient (Wildman–Crippen LogP) is 4.02. The molecule has 18 nitrogen and oxygen atoms in total. The van der Waals surface area contributed by atoms with Crippen molar-refractivity contribution in [3.63, 3.8) is 0 Å². The summed E-state index contributed by atoms with van der Waals surface area (Å²) in [6.45, 7) is 9.70. The normalized spacial score (nSPS) is 22.9. The van der Waals surface area contributed by atoms with Crippen molar-refractivity contribution in [2.75, 3.05) is 61.5 Å². The molecule has 5 aliphatic rings. The van der Waals surface area contributed by atoms with E-state index in [1.165, 1.54) is 7.05 Å². The number of ether oxygens (including phenoxy) is 2. The van der Waals surface area contributed by atoms with Gasteiger partial charge in [-0.2, -0.15) is 4.98 Å². The van der Waals surface area contributed by atoms with Crippen LogP contribution < -0.4 is 36.0 Å². The summed E-state index contributed by atoms with van der Waals surface area (Å²) in [6, 6.07) is 12.1. The van der Waals surface area contributed by atoms with Gasteiger partial charge in [-0.1, -0.05) is 11.6 Å². The van der Waals surface area contributed by atoms with Crippen molar-refractivity contribution in [2.45, 2.75) is 95.7 Å². The highest BCUT2D eigenvalue weighted by Crippen LogP contribution is 2.36. The molecule has 9 rings (SSSR count). The van der Waals surface area contributed by atoms with Crippen LogP contribution in [0.15, 0.2) is 53.5 Å². The monoisotopic (exact) mass is 908 g/mol. The third-order valence-corrected chi connectivity index (χ3v) is 13.5. The maximum absolute atomic E-state index is 13.4. The number of carbonyl (C=O) groups excluding carboxylic acids is 5. The molecule has 6 heterocycles. The number of nitrogens with one attached hydrogen (secondary N) is 3. The third-order valence-electron chi connectivity index (χ3n) is 13.3. The molecule has 0 unspecified atom stereocenters. The second-order valence-corrected chi connectivity index (χ2v) is 18.2. The number of halogens is 1. The van der Waals surface area contributed by atoms with Crippen molar-refractivity contribution in [2.24, 2.45) is 0 Å². The summed E-state index contributed by atoms with van der Waals surface area (Å²) in [5.41, 5.74) is 2.56. The quantitative estimate of drug-likeness (QED) is 0.172. The Kier molecular flexibility index (Phi) is 12.2. The van der Waals surface area contributed by atoms with E-state index in [1.54, 1.807) is 29.0 Å². The maximum atomic E-state index is 13.4. The zero-order valence-corrected chi connectivity index (χ0v) is 37.6. The van der Waals surface area contributed by atoms with Gasteiger partial charge in [0.25, 0.3) is 23.3 Å². The average Bonchev–Trinajstić information content (AvgIpc) is 3.52. The lowest BCUT2D eigenvalue weighted by molar-refractivity contribution is -0.136. The van der Waals surface area contributed by atoms with Gasteiger partial charge in [-0.25, -0.2) is 4.98 Å². The van der Waals surface area contributed by atoms with Gasteiger partial charge < -0.3 is 34.5 Å². The number of pyridine rings is 1. The molecule has 3 saturated heterocycles. The van der Waals surface area contributed by atoms with Crippen LogP contribution in [0.2, 0.25) is 5.02 Å². The molecule has 4 fully saturated rings. The van der Waals surface area contributed by atoms with E-state index in [9.17, 15) is 28.8 Å². The first-order valence-electron chi connectivity index (χ1n) is 22.3. The number of rotatable bonds is 12. The van der Waals surface area contributed by atoms with Gasteiger partial charge in [0.15, 0.2) is 18.2 Å². The zero-order valence-electron chi connectivity index (χ0n) is 36.8. The Morgan fingerprint density at radius 3 is 2.43 bits per heavy atom. The number of fused-ring (bicyclic) bond motifs is 2. The maximum Gasteiger partial charge on any atom is 0.293 e. The van der Waals surface area contributed by atoms with Crippen LogP contribution in [-0.2, 0) is 19.1 Å². The van der Waals surface area contributed by atoms with Crippen LogP contribution in [0.4, 0.5) is 23.1 Å². The summed E-state index contributed by atoms with van der Waals surface area (Å²) in [4.78, 5) is 93.2. The lowest BCUT2D eigenvalue weighted by atomic mass is 9.86. The zero-order chi connectivity index (χ0) is 45.7. The summed E-state index contributed by atoms with van der Waals surface area (Å²) in [7, 11) is 1.51. The van der Waals surface area contributed by atoms with E-state index in [0.717, 1.165) is 79.9 Å². The first kappa shape index (κ1) is 44.1. The van der Waals surface area contributed by atoms with Gasteiger partial charge >= 0.3 is 0 Å². The van der Waals surface area contributed by atoms with Crippen LogP contribution in [0.25, 0.3) is 10.9 Å². The average molecular weight is 909 g/mol. The first-order chi connectivity index (χ1) is 31.3. The first-order valence-corrected chi connectivity index (χ1v) is 22.7. The SMILES string of the molecule is CNC(=O)COc1cc2cc(Nc3nc(N4CCC(OC5CC(N6CCN(c7ccc8c(c7)C(=O)N([C@@H]7CCC(=O)NC7=O)C8=O)[C@H](C)C6)C5)CC4)ncc3Cl)ccc2n(C(C)C)c1=O. The number of piperidine rings is 2. The molecule has 65 heavy (non-hydrogen) atoms. The van der Waals surface area contributed by atoms with E-state index >= 15 is 0 Å². The highest BCUT2D eigenvalue weighted by Gasteiger charge is 2.45. The van der Waals surface area contributed by atoms with E-state index in [0.29, 0.717) is 34.1 Å². The lowest BCUT2D eigenvalue weighted by Crippen LogP contribution is -2.59. The van der Waals surface area contributed by atoms with E-state index in [-0.39, 0.29) is 66.5 Å². The molecule has 1 saturated carbocycles. The Morgan fingerprint density at radius 2 is 1.71 bits per heavy atom. The largest absolute Gasteiger partial charge is 0.478 e. The standard InChI is InChI=1S/C46H53ClN10O8/c1-25(2)56-36-8-5-28(17-27(36)18-38(45(56)63)64-24-40(59)48-4)50-41-35(47)22-49-46(52-41)53-13-11-31(12-14-53)65-32-19-30(20-32)54-15-16-55(26(3)23-54)29-6-7-33-34(21-29)44(62)57(43(33)61)37-9-10-39(58)51-42(37)60/h5-8,17-18,21-22,25-26,30-32,37H,9-16,19-20,23-24H2,1-4H3,(H,48,59)(H,49,50,52)(H,51,58,60)/t26-,30?,32?,37-/m1/s1. The molecule has 4 aliphatic heterocycles. The molecule has 2 aromatic heterocycles. The molecule has 19 heteroatoms. The Bertz CT molecular complexity index is 2630. The number of benzene rings is 2. The van der Waals surface area contributed by atoms with Crippen molar-refractivity contribution < 1.29 is 33.4 Å². The fraction of sp³-hybridized carbons (Fsp3) is 0.478. The molecular formula is C46H53ClN10O8. The van der Waals surface area contributed by atoms with Crippen LogP contribution in [0.5, 0.6) is 5.75 Å². The Balaban J connectivity index is 0.755. The van der Waals surface area contributed by atoms with Crippen LogP contribution in [-0.4, -0.2) is 131 Å². The second kappa shape index (κ2) is 18.0. The number of imide groups is 2. The minimum Gasteiger partial charge on any atom is -0.478 e. The fourth-order valence-electron chi connectivity index (χ4n) is 9.71. The smallest absolute Gasteiger partial charge is 0.293 e. The molecular weight excluding hydrogens is 856 g/mol.